The Hall–Kier alpha value is -0.690. The second-order valence-electron chi connectivity index (χ2n) is 5.80. The predicted octanol–water partition coefficient (Wildman–Crippen LogP) is 2.97. The Morgan fingerprint density at radius 2 is 1.17 bits per heavy atom. The zero-order valence-electron chi connectivity index (χ0n) is 15.7. The summed E-state index contributed by atoms with van der Waals surface area (Å²) in [7, 11) is 0. The molecule has 0 aliphatic rings. The summed E-state index contributed by atoms with van der Waals surface area (Å²) in [6.45, 7) is 10.7. The van der Waals surface area contributed by atoms with Gasteiger partial charge >= 0.3 is 5.97 Å². The van der Waals surface area contributed by atoms with E-state index in [1.165, 1.54) is 12.8 Å². The van der Waals surface area contributed by atoms with Crippen LogP contribution in [0.5, 0.6) is 0 Å². The standard InChI is InChI=1S/C18H36O6/c1-4-5-6-9-20-11-13-22-15-16-23-14-12-21-10-7-8-18(19)24-17(2)3/h17H,4-16H2,1-3H3. The maximum Gasteiger partial charge on any atom is 0.306 e. The number of unbranched alkanes of at least 4 members (excludes halogenated alkanes) is 2. The van der Waals surface area contributed by atoms with Gasteiger partial charge in [-0.3, -0.25) is 4.79 Å². The van der Waals surface area contributed by atoms with Gasteiger partial charge in [-0.05, 0) is 26.7 Å². The van der Waals surface area contributed by atoms with E-state index in [-0.39, 0.29) is 12.1 Å². The molecule has 0 amide bonds. The van der Waals surface area contributed by atoms with E-state index in [0.717, 1.165) is 13.0 Å². The second kappa shape index (κ2) is 18.6. The van der Waals surface area contributed by atoms with Crippen LogP contribution >= 0.6 is 0 Å². The smallest absolute Gasteiger partial charge is 0.306 e. The van der Waals surface area contributed by atoms with Crippen molar-refractivity contribution in [1.29, 1.82) is 0 Å². The first-order valence-electron chi connectivity index (χ1n) is 9.17. The Labute approximate surface area is 147 Å². The molecule has 144 valence electrons. The lowest BCUT2D eigenvalue weighted by atomic mass is 10.3. The highest BCUT2D eigenvalue weighted by Gasteiger charge is 2.04. The van der Waals surface area contributed by atoms with Gasteiger partial charge in [0.1, 0.15) is 0 Å². The largest absolute Gasteiger partial charge is 0.463 e. The highest BCUT2D eigenvalue weighted by atomic mass is 16.6. The fourth-order valence-corrected chi connectivity index (χ4v) is 1.86. The molecule has 0 N–H and O–H groups in total. The number of ether oxygens (including phenoxy) is 5. The van der Waals surface area contributed by atoms with Gasteiger partial charge in [-0.25, -0.2) is 0 Å². The number of rotatable bonds is 18. The normalized spacial score (nSPS) is 11.2. The van der Waals surface area contributed by atoms with Crippen LogP contribution in [0.25, 0.3) is 0 Å². The zero-order chi connectivity index (χ0) is 17.9. The first-order valence-corrected chi connectivity index (χ1v) is 9.17. The Morgan fingerprint density at radius 1 is 0.708 bits per heavy atom. The Morgan fingerprint density at radius 3 is 1.62 bits per heavy atom. The van der Waals surface area contributed by atoms with Gasteiger partial charge in [0.2, 0.25) is 0 Å². The second-order valence-corrected chi connectivity index (χ2v) is 5.80. The fraction of sp³-hybridized carbons (Fsp3) is 0.944. The molecule has 0 radical (unpaired) electrons. The van der Waals surface area contributed by atoms with Crippen molar-refractivity contribution in [2.75, 3.05) is 52.9 Å². The summed E-state index contributed by atoms with van der Waals surface area (Å²) in [4.78, 5) is 11.3. The minimum atomic E-state index is -0.170. The van der Waals surface area contributed by atoms with Gasteiger partial charge in [0.05, 0.1) is 45.7 Å². The van der Waals surface area contributed by atoms with E-state index in [2.05, 4.69) is 6.92 Å². The third-order valence-electron chi connectivity index (χ3n) is 3.04. The molecule has 0 aromatic rings. The molecule has 0 aliphatic carbocycles. The van der Waals surface area contributed by atoms with Crippen LogP contribution in [0, 0.1) is 0 Å². The Kier molecular flexibility index (Phi) is 18.1. The average molecular weight is 348 g/mol. The van der Waals surface area contributed by atoms with Crippen LogP contribution < -0.4 is 0 Å². The van der Waals surface area contributed by atoms with Crippen LogP contribution in [0.1, 0.15) is 52.9 Å². The van der Waals surface area contributed by atoms with Crippen molar-refractivity contribution in [2.45, 2.75) is 59.0 Å². The van der Waals surface area contributed by atoms with E-state index in [0.29, 0.717) is 59.1 Å². The SMILES string of the molecule is CCCCCOCCOCCOCCOCCCC(=O)OC(C)C. The van der Waals surface area contributed by atoms with Crippen molar-refractivity contribution < 1.29 is 28.5 Å². The number of esters is 1. The van der Waals surface area contributed by atoms with Crippen molar-refractivity contribution in [3.05, 3.63) is 0 Å². The molecule has 0 atom stereocenters. The van der Waals surface area contributed by atoms with Gasteiger partial charge in [0.15, 0.2) is 0 Å². The molecular weight excluding hydrogens is 312 g/mol. The molecule has 0 heterocycles. The van der Waals surface area contributed by atoms with Crippen molar-refractivity contribution in [3.8, 4) is 0 Å². The van der Waals surface area contributed by atoms with Crippen LogP contribution in [0.3, 0.4) is 0 Å². The molecule has 0 saturated heterocycles. The minimum absolute atomic E-state index is 0.0540. The molecule has 0 bridgehead atoms. The number of hydrogen-bond donors (Lipinski definition) is 0. The monoisotopic (exact) mass is 348 g/mol. The number of hydrogen-bond acceptors (Lipinski definition) is 6. The first kappa shape index (κ1) is 23.3. The van der Waals surface area contributed by atoms with Crippen molar-refractivity contribution >= 4 is 5.97 Å². The van der Waals surface area contributed by atoms with Crippen LogP contribution in [0.4, 0.5) is 0 Å². The summed E-state index contributed by atoms with van der Waals surface area (Å²) in [5, 5.41) is 0. The van der Waals surface area contributed by atoms with E-state index in [9.17, 15) is 4.79 Å². The molecule has 0 fully saturated rings. The third kappa shape index (κ3) is 19.4. The topological polar surface area (TPSA) is 63.2 Å². The maximum absolute atomic E-state index is 11.3. The van der Waals surface area contributed by atoms with Crippen LogP contribution in [-0.4, -0.2) is 64.9 Å². The lowest BCUT2D eigenvalue weighted by Gasteiger charge is -2.08. The summed E-state index contributed by atoms with van der Waals surface area (Å²) in [6, 6.07) is 0. The van der Waals surface area contributed by atoms with E-state index < -0.39 is 0 Å². The summed E-state index contributed by atoms with van der Waals surface area (Å²) in [6.07, 6.45) is 4.57. The summed E-state index contributed by atoms with van der Waals surface area (Å²) >= 11 is 0. The summed E-state index contributed by atoms with van der Waals surface area (Å²) < 4.78 is 26.6. The van der Waals surface area contributed by atoms with Gasteiger partial charge in [-0.1, -0.05) is 19.8 Å². The third-order valence-corrected chi connectivity index (χ3v) is 3.04. The molecule has 24 heavy (non-hydrogen) atoms. The fourth-order valence-electron chi connectivity index (χ4n) is 1.86. The van der Waals surface area contributed by atoms with Gasteiger partial charge < -0.3 is 23.7 Å². The van der Waals surface area contributed by atoms with E-state index in [4.69, 9.17) is 23.7 Å². The van der Waals surface area contributed by atoms with Gasteiger partial charge in [-0.2, -0.15) is 0 Å². The highest BCUT2D eigenvalue weighted by molar-refractivity contribution is 5.69. The van der Waals surface area contributed by atoms with E-state index >= 15 is 0 Å². The molecule has 0 saturated carbocycles. The van der Waals surface area contributed by atoms with Gasteiger partial charge in [0, 0.05) is 19.6 Å². The quantitative estimate of drug-likeness (QED) is 0.280. The predicted molar refractivity (Wildman–Crippen MR) is 93.3 cm³/mol. The molecular formula is C18H36O6. The van der Waals surface area contributed by atoms with E-state index in [1.807, 2.05) is 13.8 Å². The molecule has 0 aliphatic heterocycles. The summed E-state index contributed by atoms with van der Waals surface area (Å²) in [5.74, 6) is -0.170. The lowest BCUT2D eigenvalue weighted by molar-refractivity contribution is -0.147. The van der Waals surface area contributed by atoms with Crippen LogP contribution in [-0.2, 0) is 28.5 Å². The van der Waals surface area contributed by atoms with Gasteiger partial charge in [0.25, 0.3) is 0 Å². The molecule has 0 aromatic heterocycles. The van der Waals surface area contributed by atoms with Gasteiger partial charge in [-0.15, -0.1) is 0 Å². The molecule has 6 heteroatoms. The Bertz CT molecular complexity index is 270. The molecule has 0 rings (SSSR count). The zero-order valence-corrected chi connectivity index (χ0v) is 15.7. The van der Waals surface area contributed by atoms with Crippen molar-refractivity contribution in [2.24, 2.45) is 0 Å². The van der Waals surface area contributed by atoms with Crippen molar-refractivity contribution in [1.82, 2.24) is 0 Å². The molecule has 0 spiro atoms. The molecule has 6 nitrogen and oxygen atoms in total. The minimum Gasteiger partial charge on any atom is -0.463 e. The first-order chi connectivity index (χ1) is 11.7. The highest BCUT2D eigenvalue weighted by Crippen LogP contribution is 1.97. The van der Waals surface area contributed by atoms with Crippen LogP contribution in [0.2, 0.25) is 0 Å². The maximum atomic E-state index is 11.3. The van der Waals surface area contributed by atoms with Crippen molar-refractivity contribution in [3.63, 3.8) is 0 Å². The average Bonchev–Trinajstić information content (AvgIpc) is 2.53. The van der Waals surface area contributed by atoms with Crippen LogP contribution in [0.15, 0.2) is 0 Å². The number of carbonyl (C=O) groups is 1. The summed E-state index contributed by atoms with van der Waals surface area (Å²) in [5.41, 5.74) is 0. The molecule has 0 aromatic carbocycles. The molecule has 0 unspecified atom stereocenters. The van der Waals surface area contributed by atoms with E-state index in [1.54, 1.807) is 0 Å². The lowest BCUT2D eigenvalue weighted by Crippen LogP contribution is -2.13. The number of carbonyl (C=O) groups excluding carboxylic acids is 1. The Balaban J connectivity index is 3.06.